The van der Waals surface area contributed by atoms with Gasteiger partial charge in [-0.3, -0.25) is 4.79 Å². The lowest BCUT2D eigenvalue weighted by Crippen LogP contribution is -2.20. The SMILES string of the molecule is COC(=O)CCCC=CC[C@@H]1C(CO)CC[C@H]1O. The van der Waals surface area contributed by atoms with Crippen LogP contribution in [0, 0.1) is 11.8 Å². The number of hydrogen-bond acceptors (Lipinski definition) is 4. The number of aliphatic hydroxyl groups is 2. The van der Waals surface area contributed by atoms with E-state index in [1.165, 1.54) is 7.11 Å². The summed E-state index contributed by atoms with van der Waals surface area (Å²) < 4.78 is 4.56. The summed E-state index contributed by atoms with van der Waals surface area (Å²) in [7, 11) is 1.40. The lowest BCUT2D eigenvalue weighted by atomic mass is 9.92. The Morgan fingerprint density at radius 1 is 1.39 bits per heavy atom. The van der Waals surface area contributed by atoms with Crippen LogP contribution in [0.2, 0.25) is 0 Å². The number of allylic oxidation sites excluding steroid dienone is 2. The Labute approximate surface area is 109 Å². The van der Waals surface area contributed by atoms with Gasteiger partial charge in [0.25, 0.3) is 0 Å². The van der Waals surface area contributed by atoms with Gasteiger partial charge in [0.05, 0.1) is 13.2 Å². The maximum Gasteiger partial charge on any atom is 0.305 e. The molecule has 0 radical (unpaired) electrons. The molecule has 1 aliphatic rings. The number of rotatable bonds is 7. The van der Waals surface area contributed by atoms with Crippen molar-refractivity contribution in [1.82, 2.24) is 0 Å². The lowest BCUT2D eigenvalue weighted by molar-refractivity contribution is -0.140. The minimum atomic E-state index is -0.276. The molecule has 1 rings (SSSR count). The van der Waals surface area contributed by atoms with Crippen LogP contribution in [-0.2, 0) is 9.53 Å². The van der Waals surface area contributed by atoms with E-state index in [0.29, 0.717) is 6.42 Å². The zero-order valence-electron chi connectivity index (χ0n) is 11.0. The Morgan fingerprint density at radius 2 is 2.17 bits per heavy atom. The second-order valence-electron chi connectivity index (χ2n) is 4.93. The van der Waals surface area contributed by atoms with Crippen molar-refractivity contribution in [2.45, 2.75) is 44.6 Å². The van der Waals surface area contributed by atoms with E-state index in [1.54, 1.807) is 0 Å². The molecule has 104 valence electrons. The summed E-state index contributed by atoms with van der Waals surface area (Å²) in [6.45, 7) is 0.165. The van der Waals surface area contributed by atoms with E-state index in [2.05, 4.69) is 10.8 Å². The summed E-state index contributed by atoms with van der Waals surface area (Å²) >= 11 is 0. The molecule has 0 amide bonds. The highest BCUT2D eigenvalue weighted by Gasteiger charge is 2.33. The van der Waals surface area contributed by atoms with E-state index in [9.17, 15) is 15.0 Å². The minimum absolute atomic E-state index is 0.165. The summed E-state index contributed by atoms with van der Waals surface area (Å²) in [6, 6.07) is 0. The minimum Gasteiger partial charge on any atom is -0.469 e. The van der Waals surface area contributed by atoms with Gasteiger partial charge in [-0.15, -0.1) is 0 Å². The topological polar surface area (TPSA) is 66.8 Å². The fourth-order valence-electron chi connectivity index (χ4n) is 2.54. The molecular formula is C14H24O4. The number of carbonyl (C=O) groups is 1. The third-order valence-electron chi connectivity index (χ3n) is 3.72. The van der Waals surface area contributed by atoms with Gasteiger partial charge >= 0.3 is 5.97 Å². The average molecular weight is 256 g/mol. The molecule has 3 atom stereocenters. The van der Waals surface area contributed by atoms with Crippen molar-refractivity contribution in [2.24, 2.45) is 11.8 Å². The van der Waals surface area contributed by atoms with Crippen molar-refractivity contribution in [1.29, 1.82) is 0 Å². The monoisotopic (exact) mass is 256 g/mol. The van der Waals surface area contributed by atoms with Crippen LogP contribution in [-0.4, -0.2) is 36.0 Å². The summed E-state index contributed by atoms with van der Waals surface area (Å²) in [6.07, 6.45) is 8.44. The molecule has 4 heteroatoms. The maximum absolute atomic E-state index is 10.9. The maximum atomic E-state index is 10.9. The molecule has 0 aromatic rings. The van der Waals surface area contributed by atoms with Crippen LogP contribution in [0.15, 0.2) is 12.2 Å². The zero-order chi connectivity index (χ0) is 13.4. The summed E-state index contributed by atoms with van der Waals surface area (Å²) in [5, 5.41) is 19.0. The van der Waals surface area contributed by atoms with Crippen LogP contribution in [0.5, 0.6) is 0 Å². The predicted molar refractivity (Wildman–Crippen MR) is 68.9 cm³/mol. The molecule has 0 aromatic carbocycles. The molecule has 2 N–H and O–H groups in total. The van der Waals surface area contributed by atoms with Crippen molar-refractivity contribution >= 4 is 5.97 Å². The number of methoxy groups -OCH3 is 1. The second kappa shape index (κ2) is 8.27. The molecule has 0 saturated heterocycles. The molecule has 0 bridgehead atoms. The van der Waals surface area contributed by atoms with E-state index in [0.717, 1.165) is 32.1 Å². The molecule has 0 spiro atoms. The van der Waals surface area contributed by atoms with E-state index < -0.39 is 0 Å². The van der Waals surface area contributed by atoms with Gasteiger partial charge in [0.2, 0.25) is 0 Å². The van der Waals surface area contributed by atoms with E-state index in [-0.39, 0.29) is 30.5 Å². The van der Waals surface area contributed by atoms with Gasteiger partial charge < -0.3 is 14.9 Å². The molecule has 4 nitrogen and oxygen atoms in total. The third kappa shape index (κ3) is 4.78. The predicted octanol–water partition coefficient (Wildman–Crippen LogP) is 1.66. The first-order valence-electron chi connectivity index (χ1n) is 6.69. The van der Waals surface area contributed by atoms with Crippen LogP contribution >= 0.6 is 0 Å². The van der Waals surface area contributed by atoms with Crippen molar-refractivity contribution < 1.29 is 19.7 Å². The lowest BCUT2D eigenvalue weighted by Gasteiger charge is -2.18. The standard InChI is InChI=1S/C14H24O4/c1-18-14(17)7-5-3-2-4-6-12-11(10-15)8-9-13(12)16/h2,4,11-13,15-16H,3,5-10H2,1H3/t11?,12-,13-/m1/s1. The molecule has 0 heterocycles. The van der Waals surface area contributed by atoms with Crippen LogP contribution in [0.4, 0.5) is 0 Å². The van der Waals surface area contributed by atoms with Crippen molar-refractivity contribution in [3.63, 3.8) is 0 Å². The number of carbonyl (C=O) groups excluding carboxylic acids is 1. The van der Waals surface area contributed by atoms with Gasteiger partial charge in [-0.1, -0.05) is 12.2 Å². The Morgan fingerprint density at radius 3 is 2.83 bits per heavy atom. The smallest absolute Gasteiger partial charge is 0.305 e. The van der Waals surface area contributed by atoms with Crippen molar-refractivity contribution in [2.75, 3.05) is 13.7 Å². The second-order valence-corrected chi connectivity index (χ2v) is 4.93. The summed E-state index contributed by atoms with van der Waals surface area (Å²) in [5.74, 6) is 0.251. The van der Waals surface area contributed by atoms with Crippen LogP contribution in [0.3, 0.4) is 0 Å². The number of aliphatic hydroxyl groups excluding tert-OH is 2. The normalized spacial score (nSPS) is 27.8. The number of esters is 1. The Kier molecular flexibility index (Phi) is 6.98. The highest BCUT2D eigenvalue weighted by Crippen LogP contribution is 2.34. The molecule has 1 saturated carbocycles. The quantitative estimate of drug-likeness (QED) is 0.413. The average Bonchev–Trinajstić information content (AvgIpc) is 2.74. The highest BCUT2D eigenvalue weighted by molar-refractivity contribution is 5.68. The van der Waals surface area contributed by atoms with E-state index >= 15 is 0 Å². The Balaban J connectivity index is 2.17. The molecule has 1 aliphatic carbocycles. The van der Waals surface area contributed by atoms with Crippen LogP contribution < -0.4 is 0 Å². The molecule has 18 heavy (non-hydrogen) atoms. The van der Waals surface area contributed by atoms with Crippen LogP contribution in [0.1, 0.15) is 38.5 Å². The van der Waals surface area contributed by atoms with Gasteiger partial charge in [0, 0.05) is 13.0 Å². The fourth-order valence-corrected chi connectivity index (χ4v) is 2.54. The highest BCUT2D eigenvalue weighted by atomic mass is 16.5. The van der Waals surface area contributed by atoms with Gasteiger partial charge in [-0.05, 0) is 43.9 Å². The van der Waals surface area contributed by atoms with E-state index in [1.807, 2.05) is 6.08 Å². The molecule has 1 unspecified atom stereocenters. The first-order valence-corrected chi connectivity index (χ1v) is 6.69. The number of unbranched alkanes of at least 4 members (excludes halogenated alkanes) is 1. The fraction of sp³-hybridized carbons (Fsp3) is 0.786. The molecule has 0 aromatic heterocycles. The first-order chi connectivity index (χ1) is 8.69. The van der Waals surface area contributed by atoms with Gasteiger partial charge in [-0.25, -0.2) is 0 Å². The summed E-state index contributed by atoms with van der Waals surface area (Å²) in [5.41, 5.74) is 0. The third-order valence-corrected chi connectivity index (χ3v) is 3.72. The number of hydrogen-bond donors (Lipinski definition) is 2. The van der Waals surface area contributed by atoms with Crippen molar-refractivity contribution in [3.05, 3.63) is 12.2 Å². The van der Waals surface area contributed by atoms with Crippen LogP contribution in [0.25, 0.3) is 0 Å². The molecular weight excluding hydrogens is 232 g/mol. The largest absolute Gasteiger partial charge is 0.469 e. The Hall–Kier alpha value is -0.870. The molecule has 0 aliphatic heterocycles. The van der Waals surface area contributed by atoms with Crippen molar-refractivity contribution in [3.8, 4) is 0 Å². The number of ether oxygens (including phenoxy) is 1. The Bertz CT molecular complexity index is 275. The summed E-state index contributed by atoms with van der Waals surface area (Å²) in [4.78, 5) is 10.9. The molecule has 1 fully saturated rings. The van der Waals surface area contributed by atoms with Gasteiger partial charge in [0.15, 0.2) is 0 Å². The van der Waals surface area contributed by atoms with E-state index in [4.69, 9.17) is 0 Å². The first kappa shape index (κ1) is 15.2. The van der Waals surface area contributed by atoms with Gasteiger partial charge in [-0.2, -0.15) is 0 Å². The van der Waals surface area contributed by atoms with Gasteiger partial charge in [0.1, 0.15) is 0 Å². The zero-order valence-corrected chi connectivity index (χ0v) is 11.0.